The Morgan fingerprint density at radius 1 is 1.21 bits per heavy atom. The van der Waals surface area contributed by atoms with Gasteiger partial charge in [-0.1, -0.05) is 0 Å². The number of nitriles is 1. The molecule has 1 unspecified atom stereocenters. The molecule has 0 saturated carbocycles. The highest BCUT2D eigenvalue weighted by Crippen LogP contribution is 2.34. The lowest BCUT2D eigenvalue weighted by atomic mass is 10.0. The predicted molar refractivity (Wildman–Crippen MR) is 107 cm³/mol. The van der Waals surface area contributed by atoms with Crippen LogP contribution in [0.2, 0.25) is 0 Å². The molecule has 1 fully saturated rings. The SMILES string of the molecule is COc1cc(C#N)ccc1OCCN1CCCC1c1nc2c(n1C)CCCC2. The summed E-state index contributed by atoms with van der Waals surface area (Å²) >= 11 is 0. The molecule has 2 heterocycles. The summed E-state index contributed by atoms with van der Waals surface area (Å²) in [4.78, 5) is 7.52. The smallest absolute Gasteiger partial charge is 0.162 e. The molecule has 0 spiro atoms. The number of hydrogen-bond acceptors (Lipinski definition) is 5. The first-order valence-corrected chi connectivity index (χ1v) is 10.2. The van der Waals surface area contributed by atoms with Gasteiger partial charge in [-0.15, -0.1) is 0 Å². The summed E-state index contributed by atoms with van der Waals surface area (Å²) in [6.07, 6.45) is 7.18. The van der Waals surface area contributed by atoms with Crippen LogP contribution in [0.3, 0.4) is 0 Å². The van der Waals surface area contributed by atoms with Gasteiger partial charge in [-0.3, -0.25) is 4.90 Å². The van der Waals surface area contributed by atoms with Crippen LogP contribution in [0.25, 0.3) is 0 Å². The van der Waals surface area contributed by atoms with Crippen LogP contribution in [-0.4, -0.2) is 41.3 Å². The topological polar surface area (TPSA) is 63.3 Å². The van der Waals surface area contributed by atoms with E-state index in [2.05, 4.69) is 22.6 Å². The Kier molecular flexibility index (Phi) is 5.54. The van der Waals surface area contributed by atoms with E-state index in [1.165, 1.54) is 36.5 Å². The number of rotatable bonds is 6. The molecule has 2 aliphatic rings. The lowest BCUT2D eigenvalue weighted by Gasteiger charge is -2.24. The van der Waals surface area contributed by atoms with Gasteiger partial charge in [-0.25, -0.2) is 4.98 Å². The van der Waals surface area contributed by atoms with E-state index < -0.39 is 0 Å². The molecule has 1 aromatic heterocycles. The standard InChI is InChI=1S/C22H28N4O2/c1-25-18-7-4-3-6-17(18)24-22(25)19-8-5-11-26(19)12-13-28-20-10-9-16(15-23)14-21(20)27-2/h9-10,14,19H,3-8,11-13H2,1-2H3. The van der Waals surface area contributed by atoms with Crippen molar-refractivity contribution in [3.8, 4) is 17.6 Å². The first-order chi connectivity index (χ1) is 13.7. The number of fused-ring (bicyclic) bond motifs is 1. The summed E-state index contributed by atoms with van der Waals surface area (Å²) in [6.45, 7) is 2.52. The molecule has 6 heteroatoms. The zero-order valence-corrected chi connectivity index (χ0v) is 16.8. The van der Waals surface area contributed by atoms with Crippen molar-refractivity contribution in [3.05, 3.63) is 41.0 Å². The quantitative estimate of drug-likeness (QED) is 0.769. The normalized spacial score (nSPS) is 19.2. The molecule has 1 aliphatic heterocycles. The fourth-order valence-electron chi connectivity index (χ4n) is 4.52. The van der Waals surface area contributed by atoms with E-state index >= 15 is 0 Å². The predicted octanol–water partition coefficient (Wildman–Crippen LogP) is 3.40. The average Bonchev–Trinajstić information content (AvgIpc) is 3.32. The number of nitrogens with zero attached hydrogens (tertiary/aromatic N) is 4. The summed E-state index contributed by atoms with van der Waals surface area (Å²) in [5, 5.41) is 9.03. The number of likely N-dealkylation sites (tertiary alicyclic amines) is 1. The van der Waals surface area contributed by atoms with E-state index in [1.54, 1.807) is 19.2 Å². The van der Waals surface area contributed by atoms with Gasteiger partial charge in [0, 0.05) is 25.4 Å². The molecule has 0 bridgehead atoms. The van der Waals surface area contributed by atoms with Crippen LogP contribution in [0, 0.1) is 11.3 Å². The van der Waals surface area contributed by atoms with Crippen LogP contribution in [0.1, 0.15) is 54.5 Å². The van der Waals surface area contributed by atoms with E-state index in [-0.39, 0.29) is 0 Å². The molecule has 0 amide bonds. The first kappa shape index (κ1) is 18.8. The van der Waals surface area contributed by atoms with E-state index in [1.807, 2.05) is 6.07 Å². The van der Waals surface area contributed by atoms with Crippen LogP contribution in [0.4, 0.5) is 0 Å². The fraction of sp³-hybridized carbons (Fsp3) is 0.545. The van der Waals surface area contributed by atoms with Gasteiger partial charge in [0.2, 0.25) is 0 Å². The zero-order chi connectivity index (χ0) is 19.5. The molecule has 0 radical (unpaired) electrons. The molecule has 4 rings (SSSR count). The second kappa shape index (κ2) is 8.24. The largest absolute Gasteiger partial charge is 0.493 e. The van der Waals surface area contributed by atoms with Crippen molar-refractivity contribution in [2.45, 2.75) is 44.6 Å². The maximum Gasteiger partial charge on any atom is 0.162 e. The number of ether oxygens (including phenoxy) is 2. The Hall–Kier alpha value is -2.52. The van der Waals surface area contributed by atoms with Gasteiger partial charge in [0.25, 0.3) is 0 Å². The summed E-state index contributed by atoms with van der Waals surface area (Å²) < 4.78 is 13.7. The van der Waals surface area contributed by atoms with Crippen LogP contribution in [0.15, 0.2) is 18.2 Å². The van der Waals surface area contributed by atoms with Crippen molar-refractivity contribution in [3.63, 3.8) is 0 Å². The number of aryl methyl sites for hydroxylation is 1. The number of imidazole rings is 1. The Bertz CT molecular complexity index is 883. The second-order valence-corrected chi connectivity index (χ2v) is 7.65. The number of benzene rings is 1. The Morgan fingerprint density at radius 3 is 2.86 bits per heavy atom. The van der Waals surface area contributed by atoms with Crippen LogP contribution < -0.4 is 9.47 Å². The Labute approximate surface area is 166 Å². The third-order valence-electron chi connectivity index (χ3n) is 6.00. The molecular weight excluding hydrogens is 352 g/mol. The number of hydrogen-bond donors (Lipinski definition) is 0. The molecule has 1 saturated heterocycles. The summed E-state index contributed by atoms with van der Waals surface area (Å²) in [7, 11) is 3.78. The highest BCUT2D eigenvalue weighted by atomic mass is 16.5. The number of methoxy groups -OCH3 is 1. The molecule has 28 heavy (non-hydrogen) atoms. The van der Waals surface area contributed by atoms with Gasteiger partial charge in [-0.2, -0.15) is 5.26 Å². The van der Waals surface area contributed by atoms with Gasteiger partial charge in [0.15, 0.2) is 11.5 Å². The maximum atomic E-state index is 9.03. The summed E-state index contributed by atoms with van der Waals surface area (Å²) in [6, 6.07) is 7.79. The van der Waals surface area contributed by atoms with Crippen LogP contribution in [0.5, 0.6) is 11.5 Å². The molecule has 1 aromatic carbocycles. The second-order valence-electron chi connectivity index (χ2n) is 7.65. The van der Waals surface area contributed by atoms with Gasteiger partial charge in [-0.05, 0) is 57.2 Å². The van der Waals surface area contributed by atoms with Crippen molar-refractivity contribution in [2.75, 3.05) is 26.8 Å². The van der Waals surface area contributed by atoms with Crippen molar-refractivity contribution in [2.24, 2.45) is 7.05 Å². The van der Waals surface area contributed by atoms with Gasteiger partial charge in [0.1, 0.15) is 12.4 Å². The minimum atomic E-state index is 0.377. The zero-order valence-electron chi connectivity index (χ0n) is 16.8. The van der Waals surface area contributed by atoms with E-state index in [9.17, 15) is 0 Å². The average molecular weight is 380 g/mol. The molecule has 1 aliphatic carbocycles. The molecule has 1 atom stereocenters. The van der Waals surface area contributed by atoms with Crippen LogP contribution >= 0.6 is 0 Å². The first-order valence-electron chi connectivity index (χ1n) is 10.2. The maximum absolute atomic E-state index is 9.03. The lowest BCUT2D eigenvalue weighted by Crippen LogP contribution is -2.29. The molecule has 6 nitrogen and oxygen atoms in total. The molecular formula is C22H28N4O2. The van der Waals surface area contributed by atoms with E-state index in [0.717, 1.165) is 32.4 Å². The van der Waals surface area contributed by atoms with Crippen molar-refractivity contribution < 1.29 is 9.47 Å². The van der Waals surface area contributed by atoms with E-state index in [0.29, 0.717) is 29.7 Å². The number of aromatic nitrogens is 2. The van der Waals surface area contributed by atoms with Gasteiger partial charge in [0.05, 0.1) is 30.5 Å². The molecule has 148 valence electrons. The lowest BCUT2D eigenvalue weighted by molar-refractivity contribution is 0.188. The highest BCUT2D eigenvalue weighted by molar-refractivity contribution is 5.46. The minimum absolute atomic E-state index is 0.377. The summed E-state index contributed by atoms with van der Waals surface area (Å²) in [5.41, 5.74) is 3.32. The Balaban J connectivity index is 1.42. The Morgan fingerprint density at radius 2 is 2.07 bits per heavy atom. The van der Waals surface area contributed by atoms with Crippen LogP contribution in [-0.2, 0) is 19.9 Å². The highest BCUT2D eigenvalue weighted by Gasteiger charge is 2.31. The molecule has 0 N–H and O–H groups in total. The third kappa shape index (κ3) is 3.59. The van der Waals surface area contributed by atoms with Crippen molar-refractivity contribution in [1.29, 1.82) is 5.26 Å². The monoisotopic (exact) mass is 380 g/mol. The minimum Gasteiger partial charge on any atom is -0.493 e. The van der Waals surface area contributed by atoms with Crippen molar-refractivity contribution in [1.82, 2.24) is 14.5 Å². The van der Waals surface area contributed by atoms with E-state index in [4.69, 9.17) is 19.7 Å². The van der Waals surface area contributed by atoms with Crippen molar-refractivity contribution >= 4 is 0 Å². The molecule has 2 aromatic rings. The summed E-state index contributed by atoms with van der Waals surface area (Å²) in [5.74, 6) is 2.51. The fourth-order valence-corrected chi connectivity index (χ4v) is 4.52. The third-order valence-corrected chi connectivity index (χ3v) is 6.00. The van der Waals surface area contributed by atoms with Gasteiger partial charge < -0.3 is 14.0 Å². The van der Waals surface area contributed by atoms with Gasteiger partial charge >= 0.3 is 0 Å².